The summed E-state index contributed by atoms with van der Waals surface area (Å²) >= 11 is 0. The second-order valence-electron chi connectivity index (χ2n) is 9.35. The molecule has 33 heavy (non-hydrogen) atoms. The first kappa shape index (κ1) is 22.4. The number of aliphatic hydroxyl groups is 1. The molecule has 2 saturated carbocycles. The van der Waals surface area contributed by atoms with Crippen LogP contribution in [0, 0.1) is 5.92 Å². The van der Waals surface area contributed by atoms with E-state index in [0.29, 0.717) is 29.3 Å². The number of fused-ring (bicyclic) bond motifs is 2. The predicted octanol–water partition coefficient (Wildman–Crippen LogP) is 4.56. The van der Waals surface area contributed by atoms with Crippen LogP contribution in [0.2, 0.25) is 0 Å². The van der Waals surface area contributed by atoms with E-state index < -0.39 is 29.5 Å². The lowest BCUT2D eigenvalue weighted by molar-refractivity contribution is -0.273. The van der Waals surface area contributed by atoms with Gasteiger partial charge in [0, 0.05) is 31.5 Å². The minimum absolute atomic E-state index is 0.143. The lowest BCUT2D eigenvalue weighted by Gasteiger charge is -2.62. The van der Waals surface area contributed by atoms with Crippen LogP contribution in [-0.4, -0.2) is 53.1 Å². The maximum atomic E-state index is 15.3. The Morgan fingerprint density at radius 1 is 1.12 bits per heavy atom. The number of halogens is 4. The van der Waals surface area contributed by atoms with Crippen molar-refractivity contribution in [2.45, 2.75) is 55.2 Å². The van der Waals surface area contributed by atoms with Gasteiger partial charge in [0.1, 0.15) is 6.23 Å². The molecule has 4 fully saturated rings. The van der Waals surface area contributed by atoms with Crippen molar-refractivity contribution in [2.24, 2.45) is 5.92 Å². The minimum atomic E-state index is -3.02. The lowest BCUT2D eigenvalue weighted by Crippen LogP contribution is -2.75. The molecular weight excluding hydrogens is 440 g/mol. The second kappa shape index (κ2) is 7.84. The molecule has 0 radical (unpaired) electrons. The standard InChI is InChI=1S/C24H26F4N2O3/c1-32-18-10-16(5-6-17(18)33-14-15-11-23(25,26)12-15)21(31)30-9-7-22(13-20(30)24(22,27)28)19-4-2-3-8-29-19/h2-6,8,10,15,20-21,31H,7,9,11-14H2,1H3. The number of rotatable bonds is 7. The van der Waals surface area contributed by atoms with E-state index in [1.165, 1.54) is 18.2 Å². The van der Waals surface area contributed by atoms with Gasteiger partial charge in [-0.3, -0.25) is 9.88 Å². The molecule has 178 valence electrons. The first-order chi connectivity index (χ1) is 15.7. The number of nitrogens with zero attached hydrogens (tertiary/aromatic N) is 2. The maximum Gasteiger partial charge on any atom is 0.274 e. The van der Waals surface area contributed by atoms with Gasteiger partial charge < -0.3 is 14.6 Å². The van der Waals surface area contributed by atoms with Crippen LogP contribution in [0.25, 0.3) is 0 Å². The number of piperidine rings is 2. The van der Waals surface area contributed by atoms with Gasteiger partial charge >= 0.3 is 0 Å². The van der Waals surface area contributed by atoms with Gasteiger partial charge in [0.05, 0.1) is 30.9 Å². The third kappa shape index (κ3) is 3.56. The average Bonchev–Trinajstić information content (AvgIpc) is 2.80. The van der Waals surface area contributed by atoms with Crippen LogP contribution < -0.4 is 9.47 Å². The van der Waals surface area contributed by atoms with Crippen molar-refractivity contribution in [3.8, 4) is 11.5 Å². The average molecular weight is 466 g/mol. The van der Waals surface area contributed by atoms with Gasteiger partial charge in [-0.25, -0.2) is 17.6 Å². The third-order valence-electron chi connectivity index (χ3n) is 7.40. The number of methoxy groups -OCH3 is 1. The van der Waals surface area contributed by atoms with E-state index in [2.05, 4.69) is 4.98 Å². The molecule has 2 aromatic rings. The minimum Gasteiger partial charge on any atom is -0.493 e. The number of benzene rings is 1. The van der Waals surface area contributed by atoms with Gasteiger partial charge in [0.2, 0.25) is 5.92 Å². The highest BCUT2D eigenvalue weighted by molar-refractivity contribution is 5.44. The molecule has 0 amide bonds. The molecule has 3 atom stereocenters. The summed E-state index contributed by atoms with van der Waals surface area (Å²) in [6.07, 6.45) is 0.304. The van der Waals surface area contributed by atoms with E-state index in [1.807, 2.05) is 0 Å². The topological polar surface area (TPSA) is 54.8 Å². The molecule has 2 aliphatic carbocycles. The summed E-state index contributed by atoms with van der Waals surface area (Å²) in [7, 11) is 1.43. The number of aliphatic hydroxyl groups excluding tert-OH is 1. The number of hydrogen-bond donors (Lipinski definition) is 1. The maximum absolute atomic E-state index is 15.3. The van der Waals surface area contributed by atoms with E-state index in [0.717, 1.165) is 0 Å². The number of hydrogen-bond acceptors (Lipinski definition) is 5. The molecule has 3 unspecified atom stereocenters. The van der Waals surface area contributed by atoms with Crippen molar-refractivity contribution < 1.29 is 32.1 Å². The molecule has 1 aromatic carbocycles. The number of pyridine rings is 1. The monoisotopic (exact) mass is 466 g/mol. The fourth-order valence-corrected chi connectivity index (χ4v) is 5.46. The van der Waals surface area contributed by atoms with Crippen molar-refractivity contribution in [2.75, 3.05) is 20.3 Å². The summed E-state index contributed by atoms with van der Waals surface area (Å²) in [5.41, 5.74) is -0.488. The first-order valence-corrected chi connectivity index (χ1v) is 11.1. The lowest BCUT2D eigenvalue weighted by atomic mass is 9.55. The Hall–Kier alpha value is -2.39. The van der Waals surface area contributed by atoms with Crippen molar-refractivity contribution in [1.82, 2.24) is 9.88 Å². The highest BCUT2D eigenvalue weighted by atomic mass is 19.3. The Kier molecular flexibility index (Phi) is 5.32. The predicted molar refractivity (Wildman–Crippen MR) is 112 cm³/mol. The highest BCUT2D eigenvalue weighted by Crippen LogP contribution is 2.62. The van der Waals surface area contributed by atoms with Gasteiger partial charge in [-0.15, -0.1) is 0 Å². The van der Waals surface area contributed by atoms with Gasteiger partial charge in [0.25, 0.3) is 5.92 Å². The molecule has 2 aliphatic heterocycles. The molecule has 1 aromatic heterocycles. The number of aromatic nitrogens is 1. The zero-order valence-electron chi connectivity index (χ0n) is 18.2. The molecule has 2 saturated heterocycles. The van der Waals surface area contributed by atoms with Gasteiger partial charge in [0.15, 0.2) is 11.5 Å². The van der Waals surface area contributed by atoms with E-state index in [-0.39, 0.29) is 38.2 Å². The Morgan fingerprint density at radius 2 is 1.91 bits per heavy atom. The van der Waals surface area contributed by atoms with Crippen LogP contribution in [0.15, 0.2) is 42.6 Å². The zero-order chi connectivity index (χ0) is 23.4. The van der Waals surface area contributed by atoms with Crippen molar-refractivity contribution in [3.05, 3.63) is 53.9 Å². The van der Waals surface area contributed by atoms with E-state index in [9.17, 15) is 13.9 Å². The Morgan fingerprint density at radius 3 is 2.52 bits per heavy atom. The van der Waals surface area contributed by atoms with E-state index in [1.54, 1.807) is 36.4 Å². The SMILES string of the molecule is COc1cc(C(O)N2CCC3(c4ccccn4)CC2C3(F)F)ccc1OCC1CC(F)(F)C1. The molecule has 0 spiro atoms. The smallest absolute Gasteiger partial charge is 0.274 e. The molecule has 5 nitrogen and oxygen atoms in total. The Bertz CT molecular complexity index is 1010. The van der Waals surface area contributed by atoms with E-state index in [4.69, 9.17) is 9.47 Å². The fraction of sp³-hybridized carbons (Fsp3) is 0.542. The second-order valence-corrected chi connectivity index (χ2v) is 9.35. The summed E-state index contributed by atoms with van der Waals surface area (Å²) in [5.74, 6) is -5.16. The van der Waals surface area contributed by atoms with Crippen LogP contribution >= 0.6 is 0 Å². The Labute approximate surface area is 189 Å². The summed E-state index contributed by atoms with van der Waals surface area (Å²) in [5, 5.41) is 11.0. The van der Waals surface area contributed by atoms with Crippen LogP contribution in [0.1, 0.15) is 43.2 Å². The molecule has 4 aliphatic rings. The normalized spacial score (nSPS) is 29.0. The number of alkyl halides is 4. The molecule has 3 heterocycles. The van der Waals surface area contributed by atoms with Gasteiger partial charge in [-0.2, -0.15) is 0 Å². The Balaban J connectivity index is 1.29. The quantitative estimate of drug-likeness (QED) is 0.607. The van der Waals surface area contributed by atoms with Crippen molar-refractivity contribution in [3.63, 3.8) is 0 Å². The van der Waals surface area contributed by atoms with Crippen molar-refractivity contribution in [1.29, 1.82) is 0 Å². The fourth-order valence-electron chi connectivity index (χ4n) is 5.46. The summed E-state index contributed by atoms with van der Waals surface area (Å²) in [4.78, 5) is 5.61. The molecule has 2 bridgehead atoms. The third-order valence-corrected chi connectivity index (χ3v) is 7.40. The summed E-state index contributed by atoms with van der Waals surface area (Å²) in [6.45, 7) is 0.443. The zero-order valence-corrected chi connectivity index (χ0v) is 18.2. The van der Waals surface area contributed by atoms with Crippen LogP contribution in [0.5, 0.6) is 11.5 Å². The van der Waals surface area contributed by atoms with Crippen LogP contribution in [0.4, 0.5) is 17.6 Å². The summed E-state index contributed by atoms with van der Waals surface area (Å²) < 4.78 is 67.6. The van der Waals surface area contributed by atoms with Gasteiger partial charge in [-0.1, -0.05) is 12.1 Å². The molecule has 6 rings (SSSR count). The van der Waals surface area contributed by atoms with Crippen LogP contribution in [0.3, 0.4) is 0 Å². The summed E-state index contributed by atoms with van der Waals surface area (Å²) in [6, 6.07) is 8.69. The number of ether oxygens (including phenoxy) is 2. The molecular formula is C24H26F4N2O3. The highest BCUT2D eigenvalue weighted by Gasteiger charge is 2.74. The largest absolute Gasteiger partial charge is 0.493 e. The molecule has 9 heteroatoms. The van der Waals surface area contributed by atoms with Gasteiger partial charge in [-0.05, 0) is 42.7 Å². The first-order valence-electron chi connectivity index (χ1n) is 11.1. The van der Waals surface area contributed by atoms with E-state index >= 15 is 8.78 Å². The molecule has 1 N–H and O–H groups in total. The van der Waals surface area contributed by atoms with Crippen LogP contribution in [-0.2, 0) is 5.41 Å². The van der Waals surface area contributed by atoms with Crippen molar-refractivity contribution >= 4 is 0 Å².